The van der Waals surface area contributed by atoms with Gasteiger partial charge in [-0.2, -0.15) is 0 Å². The zero-order valence-corrected chi connectivity index (χ0v) is 14.5. The SMILES string of the molecule is Cc1cnccc1NCCNC(=O)C(Oc1ccccc1)C(C)C. The molecule has 1 unspecified atom stereocenters. The molecule has 0 spiro atoms. The summed E-state index contributed by atoms with van der Waals surface area (Å²) in [4.78, 5) is 16.5. The molecule has 2 N–H and O–H groups in total. The maximum atomic E-state index is 12.4. The smallest absolute Gasteiger partial charge is 0.261 e. The summed E-state index contributed by atoms with van der Waals surface area (Å²) >= 11 is 0. The molecule has 2 rings (SSSR count). The summed E-state index contributed by atoms with van der Waals surface area (Å²) in [7, 11) is 0. The predicted molar refractivity (Wildman–Crippen MR) is 96.2 cm³/mol. The molecule has 128 valence electrons. The zero-order chi connectivity index (χ0) is 17.4. The number of rotatable bonds is 8. The second-order valence-electron chi connectivity index (χ2n) is 6.00. The monoisotopic (exact) mass is 327 g/mol. The van der Waals surface area contributed by atoms with Crippen LogP contribution in [0.3, 0.4) is 0 Å². The Kier molecular flexibility index (Phi) is 6.61. The summed E-state index contributed by atoms with van der Waals surface area (Å²) in [6.45, 7) is 7.13. The van der Waals surface area contributed by atoms with Gasteiger partial charge in [-0.1, -0.05) is 32.0 Å². The standard InChI is InChI=1S/C19H25N3O2/c1-14(2)18(24-16-7-5-4-6-8-16)19(23)22-12-11-21-17-9-10-20-13-15(17)3/h4-10,13-14,18H,11-12H2,1-3H3,(H,20,21)(H,22,23). The van der Waals surface area contributed by atoms with Crippen molar-refractivity contribution < 1.29 is 9.53 Å². The molecule has 0 saturated heterocycles. The Morgan fingerprint density at radius 2 is 1.92 bits per heavy atom. The molecule has 1 atom stereocenters. The number of hydrogen-bond donors (Lipinski definition) is 2. The number of nitrogens with zero attached hydrogens (tertiary/aromatic N) is 1. The average Bonchev–Trinajstić information content (AvgIpc) is 2.58. The summed E-state index contributed by atoms with van der Waals surface area (Å²) in [5.41, 5.74) is 2.11. The van der Waals surface area contributed by atoms with Crippen LogP contribution >= 0.6 is 0 Å². The van der Waals surface area contributed by atoms with E-state index in [-0.39, 0.29) is 11.8 Å². The van der Waals surface area contributed by atoms with Crippen molar-refractivity contribution in [3.63, 3.8) is 0 Å². The molecule has 0 fully saturated rings. The van der Waals surface area contributed by atoms with Crippen molar-refractivity contribution in [2.24, 2.45) is 5.92 Å². The van der Waals surface area contributed by atoms with Crippen LogP contribution < -0.4 is 15.4 Å². The Bertz CT molecular complexity index is 644. The van der Waals surface area contributed by atoms with E-state index in [2.05, 4.69) is 15.6 Å². The first-order valence-electron chi connectivity index (χ1n) is 8.22. The molecule has 0 aliphatic heterocycles. The highest BCUT2D eigenvalue weighted by Crippen LogP contribution is 2.15. The molecule has 0 saturated carbocycles. The van der Waals surface area contributed by atoms with Gasteiger partial charge < -0.3 is 15.4 Å². The summed E-state index contributed by atoms with van der Waals surface area (Å²) in [5, 5.41) is 6.22. The minimum absolute atomic E-state index is 0.0839. The van der Waals surface area contributed by atoms with Gasteiger partial charge in [0, 0.05) is 31.2 Å². The van der Waals surface area contributed by atoms with E-state index >= 15 is 0 Å². The average molecular weight is 327 g/mol. The van der Waals surface area contributed by atoms with Crippen LogP contribution in [0.25, 0.3) is 0 Å². The van der Waals surface area contributed by atoms with Crippen LogP contribution in [-0.4, -0.2) is 30.1 Å². The van der Waals surface area contributed by atoms with Crippen LogP contribution in [0.15, 0.2) is 48.8 Å². The number of nitrogens with one attached hydrogen (secondary N) is 2. The molecule has 0 bridgehead atoms. The molecule has 0 aliphatic carbocycles. The van der Waals surface area contributed by atoms with Gasteiger partial charge in [0.1, 0.15) is 5.75 Å². The molecular weight excluding hydrogens is 302 g/mol. The summed E-state index contributed by atoms with van der Waals surface area (Å²) in [5.74, 6) is 0.694. The van der Waals surface area contributed by atoms with Crippen LogP contribution in [0.1, 0.15) is 19.4 Å². The molecule has 1 aromatic heterocycles. The number of para-hydroxylation sites is 1. The third kappa shape index (κ3) is 5.26. The lowest BCUT2D eigenvalue weighted by molar-refractivity contribution is -0.129. The van der Waals surface area contributed by atoms with Crippen molar-refractivity contribution in [2.45, 2.75) is 26.9 Å². The largest absolute Gasteiger partial charge is 0.480 e. The van der Waals surface area contributed by atoms with Crippen molar-refractivity contribution in [1.29, 1.82) is 0 Å². The summed E-state index contributed by atoms with van der Waals surface area (Å²) < 4.78 is 5.83. The summed E-state index contributed by atoms with van der Waals surface area (Å²) in [6, 6.07) is 11.3. The van der Waals surface area contributed by atoms with Crippen LogP contribution in [0.5, 0.6) is 5.75 Å². The highest BCUT2D eigenvalue weighted by Gasteiger charge is 2.23. The topological polar surface area (TPSA) is 63.2 Å². The number of carbonyl (C=O) groups is 1. The van der Waals surface area contributed by atoms with Gasteiger partial charge in [0.2, 0.25) is 0 Å². The number of carbonyl (C=O) groups excluding carboxylic acids is 1. The molecule has 5 nitrogen and oxygen atoms in total. The number of anilines is 1. The van der Waals surface area contributed by atoms with Crippen molar-refractivity contribution in [1.82, 2.24) is 10.3 Å². The first-order valence-corrected chi connectivity index (χ1v) is 8.22. The number of aromatic nitrogens is 1. The van der Waals surface area contributed by atoms with Crippen molar-refractivity contribution in [3.8, 4) is 5.75 Å². The van der Waals surface area contributed by atoms with E-state index < -0.39 is 6.10 Å². The van der Waals surface area contributed by atoms with Crippen molar-refractivity contribution in [3.05, 3.63) is 54.4 Å². The maximum absolute atomic E-state index is 12.4. The van der Waals surface area contributed by atoms with E-state index in [1.807, 2.05) is 63.4 Å². The van der Waals surface area contributed by atoms with Gasteiger partial charge in [-0.05, 0) is 36.6 Å². The Hall–Kier alpha value is -2.56. The second kappa shape index (κ2) is 8.91. The highest BCUT2D eigenvalue weighted by molar-refractivity contribution is 5.81. The Morgan fingerprint density at radius 1 is 1.17 bits per heavy atom. The van der Waals surface area contributed by atoms with Gasteiger partial charge in [0.25, 0.3) is 5.91 Å². The Balaban J connectivity index is 1.81. The second-order valence-corrected chi connectivity index (χ2v) is 6.00. The first-order chi connectivity index (χ1) is 11.6. The fraction of sp³-hybridized carbons (Fsp3) is 0.368. The predicted octanol–water partition coefficient (Wildman–Crippen LogP) is 3.02. The molecular formula is C19H25N3O2. The number of amides is 1. The van der Waals surface area contributed by atoms with Gasteiger partial charge >= 0.3 is 0 Å². The van der Waals surface area contributed by atoms with E-state index in [1.54, 1.807) is 6.20 Å². The number of hydrogen-bond acceptors (Lipinski definition) is 4. The van der Waals surface area contributed by atoms with Gasteiger partial charge in [-0.25, -0.2) is 0 Å². The lowest BCUT2D eigenvalue weighted by Gasteiger charge is -2.22. The zero-order valence-electron chi connectivity index (χ0n) is 14.5. The van der Waals surface area contributed by atoms with Crippen LogP contribution in [0.4, 0.5) is 5.69 Å². The van der Waals surface area contributed by atoms with Gasteiger partial charge in [-0.15, -0.1) is 0 Å². The maximum Gasteiger partial charge on any atom is 0.261 e. The minimum atomic E-state index is -0.505. The molecule has 5 heteroatoms. The van der Waals surface area contributed by atoms with E-state index in [0.717, 1.165) is 11.3 Å². The highest BCUT2D eigenvalue weighted by atomic mass is 16.5. The van der Waals surface area contributed by atoms with Gasteiger partial charge in [0.05, 0.1) is 0 Å². The van der Waals surface area contributed by atoms with E-state index in [1.165, 1.54) is 0 Å². The van der Waals surface area contributed by atoms with Crippen LogP contribution in [-0.2, 0) is 4.79 Å². The number of ether oxygens (including phenoxy) is 1. The van der Waals surface area contributed by atoms with Crippen LogP contribution in [0, 0.1) is 12.8 Å². The molecule has 24 heavy (non-hydrogen) atoms. The molecule has 1 amide bonds. The van der Waals surface area contributed by atoms with Gasteiger partial charge in [-0.3, -0.25) is 9.78 Å². The molecule has 2 aromatic rings. The fourth-order valence-electron chi connectivity index (χ4n) is 2.29. The quantitative estimate of drug-likeness (QED) is 0.732. The van der Waals surface area contributed by atoms with E-state index in [4.69, 9.17) is 4.74 Å². The van der Waals surface area contributed by atoms with Crippen molar-refractivity contribution >= 4 is 11.6 Å². The van der Waals surface area contributed by atoms with E-state index in [9.17, 15) is 4.79 Å². The lowest BCUT2D eigenvalue weighted by atomic mass is 10.1. The Morgan fingerprint density at radius 3 is 2.58 bits per heavy atom. The fourth-order valence-corrected chi connectivity index (χ4v) is 2.29. The number of benzene rings is 1. The third-order valence-corrected chi connectivity index (χ3v) is 3.63. The van der Waals surface area contributed by atoms with E-state index in [0.29, 0.717) is 18.8 Å². The third-order valence-electron chi connectivity index (χ3n) is 3.63. The normalized spacial score (nSPS) is 11.8. The van der Waals surface area contributed by atoms with Gasteiger partial charge in [0.15, 0.2) is 6.10 Å². The molecule has 0 aliphatic rings. The molecule has 1 heterocycles. The molecule has 1 aromatic carbocycles. The summed E-state index contributed by atoms with van der Waals surface area (Å²) in [6.07, 6.45) is 3.05. The first kappa shape index (κ1) is 17.8. The lowest BCUT2D eigenvalue weighted by Crippen LogP contribution is -2.43. The number of pyridine rings is 1. The minimum Gasteiger partial charge on any atom is -0.480 e. The molecule has 0 radical (unpaired) electrons. The Labute approximate surface area is 143 Å². The number of aryl methyl sites for hydroxylation is 1. The van der Waals surface area contributed by atoms with Crippen LogP contribution in [0.2, 0.25) is 0 Å². The van der Waals surface area contributed by atoms with Crippen molar-refractivity contribution in [2.75, 3.05) is 18.4 Å².